The third kappa shape index (κ3) is 4.30. The van der Waals surface area contributed by atoms with Crippen LogP contribution in [0.3, 0.4) is 0 Å². The quantitative estimate of drug-likeness (QED) is 0.514. The number of hydrogen-bond donors (Lipinski definition) is 0. The van der Waals surface area contributed by atoms with Crippen molar-refractivity contribution in [2.45, 2.75) is 58.4 Å². The summed E-state index contributed by atoms with van der Waals surface area (Å²) in [5.41, 5.74) is 1.32. The van der Waals surface area contributed by atoms with Gasteiger partial charge in [-0.15, -0.1) is 0 Å². The molecule has 27 heavy (non-hydrogen) atoms. The third-order valence-electron chi connectivity index (χ3n) is 6.80. The zero-order chi connectivity index (χ0) is 19.8. The van der Waals surface area contributed by atoms with Crippen LogP contribution in [0.25, 0.3) is 0 Å². The van der Waals surface area contributed by atoms with E-state index in [9.17, 15) is 4.79 Å². The van der Waals surface area contributed by atoms with Gasteiger partial charge in [0.05, 0.1) is 12.5 Å². The summed E-state index contributed by atoms with van der Waals surface area (Å²) in [6.45, 7) is 16.4. The van der Waals surface area contributed by atoms with Gasteiger partial charge < -0.3 is 9.16 Å². The van der Waals surface area contributed by atoms with E-state index in [4.69, 9.17) is 9.16 Å². The number of piperidine rings is 1. The maximum Gasteiger partial charge on any atom is 0.309 e. The molecule has 0 aromatic heterocycles. The zero-order valence-electron chi connectivity index (χ0n) is 17.7. The lowest BCUT2D eigenvalue weighted by atomic mass is 10.1. The van der Waals surface area contributed by atoms with Crippen molar-refractivity contribution in [2.75, 3.05) is 19.8 Å². The molecule has 5 heteroatoms. The number of rotatable bonds is 7. The number of fused-ring (bicyclic) bond motifs is 1. The normalized spacial score (nSPS) is 28.1. The average molecular weight is 390 g/mol. The van der Waals surface area contributed by atoms with Crippen LogP contribution in [-0.2, 0) is 20.5 Å². The molecule has 1 saturated carbocycles. The molecule has 2 aliphatic rings. The summed E-state index contributed by atoms with van der Waals surface area (Å²) in [4.78, 5) is 14.8. The van der Waals surface area contributed by atoms with E-state index >= 15 is 0 Å². The third-order valence-corrected chi connectivity index (χ3v) is 11.3. The van der Waals surface area contributed by atoms with Gasteiger partial charge >= 0.3 is 5.97 Å². The predicted molar refractivity (Wildman–Crippen MR) is 111 cm³/mol. The van der Waals surface area contributed by atoms with E-state index in [1.165, 1.54) is 5.56 Å². The lowest BCUT2D eigenvalue weighted by molar-refractivity contribution is -0.146. The monoisotopic (exact) mass is 389 g/mol. The van der Waals surface area contributed by atoms with Crippen molar-refractivity contribution < 1.29 is 14.0 Å². The second kappa shape index (κ2) is 7.68. The molecule has 150 valence electrons. The van der Waals surface area contributed by atoms with Crippen LogP contribution in [0.4, 0.5) is 0 Å². The summed E-state index contributed by atoms with van der Waals surface area (Å²) in [7, 11) is -1.81. The number of likely N-dealkylation sites (tertiary alicyclic amines) is 1. The molecule has 1 aliphatic carbocycles. The molecule has 0 spiro atoms. The molecular weight excluding hydrogens is 354 g/mol. The van der Waals surface area contributed by atoms with Gasteiger partial charge in [0.15, 0.2) is 8.32 Å². The second-order valence-electron chi connectivity index (χ2n) is 9.57. The minimum absolute atomic E-state index is 0.0100. The van der Waals surface area contributed by atoms with Crippen LogP contribution in [-0.4, -0.2) is 45.0 Å². The number of ether oxygens (including phenoxy) is 1. The largest absolute Gasteiger partial charge is 0.466 e. The summed E-state index contributed by atoms with van der Waals surface area (Å²) in [5.74, 6) is 0.882. The number of benzene rings is 1. The molecule has 0 N–H and O–H groups in total. The van der Waals surface area contributed by atoms with Crippen LogP contribution < -0.4 is 0 Å². The Morgan fingerprint density at radius 2 is 1.89 bits per heavy atom. The molecule has 1 saturated heterocycles. The Bertz CT molecular complexity index is 655. The molecule has 3 rings (SSSR count). The molecule has 4 nitrogen and oxygen atoms in total. The van der Waals surface area contributed by atoms with E-state index in [1.54, 1.807) is 0 Å². The first kappa shape index (κ1) is 20.6. The Balaban J connectivity index is 1.70. The van der Waals surface area contributed by atoms with Gasteiger partial charge in [0.2, 0.25) is 0 Å². The number of nitrogens with zero attached hydrogens (tertiary/aromatic N) is 1. The Labute approximate surface area is 165 Å². The molecular formula is C22H35NO3Si. The zero-order valence-corrected chi connectivity index (χ0v) is 18.7. The number of carbonyl (C=O) groups is 1. The van der Waals surface area contributed by atoms with Gasteiger partial charge in [0.1, 0.15) is 0 Å². The average Bonchev–Trinajstić information content (AvgIpc) is 3.18. The maximum absolute atomic E-state index is 12.3. The van der Waals surface area contributed by atoms with Crippen LogP contribution >= 0.6 is 0 Å². The summed E-state index contributed by atoms with van der Waals surface area (Å²) >= 11 is 0. The molecule has 0 bridgehead atoms. The first-order valence-corrected chi connectivity index (χ1v) is 13.1. The molecule has 1 aliphatic heterocycles. The van der Waals surface area contributed by atoms with Gasteiger partial charge in [-0.05, 0) is 42.5 Å². The Kier molecular flexibility index (Phi) is 5.85. The summed E-state index contributed by atoms with van der Waals surface area (Å²) in [6, 6.07) is 10.9. The van der Waals surface area contributed by atoms with E-state index < -0.39 is 8.32 Å². The van der Waals surface area contributed by atoms with Gasteiger partial charge in [0, 0.05) is 25.7 Å². The smallest absolute Gasteiger partial charge is 0.309 e. The molecule has 0 unspecified atom stereocenters. The van der Waals surface area contributed by atoms with Crippen LogP contribution in [0.15, 0.2) is 30.3 Å². The van der Waals surface area contributed by atoms with Gasteiger partial charge in [0.25, 0.3) is 0 Å². The molecule has 0 amide bonds. The lowest BCUT2D eigenvalue weighted by Gasteiger charge is -2.38. The van der Waals surface area contributed by atoms with E-state index in [1.807, 2.05) is 6.92 Å². The highest BCUT2D eigenvalue weighted by Crippen LogP contribution is 2.56. The lowest BCUT2D eigenvalue weighted by Crippen LogP contribution is -2.46. The van der Waals surface area contributed by atoms with Crippen molar-refractivity contribution >= 4 is 14.3 Å². The molecule has 0 radical (unpaired) electrons. The van der Waals surface area contributed by atoms with Crippen molar-refractivity contribution in [1.82, 2.24) is 4.90 Å². The summed E-state index contributed by atoms with van der Waals surface area (Å²) < 4.78 is 11.9. The fourth-order valence-corrected chi connectivity index (χ4v) is 5.13. The van der Waals surface area contributed by atoms with Crippen LogP contribution in [0, 0.1) is 17.8 Å². The Hall–Kier alpha value is -1.17. The van der Waals surface area contributed by atoms with E-state index in [2.05, 4.69) is 69.1 Å². The van der Waals surface area contributed by atoms with Crippen molar-refractivity contribution in [1.29, 1.82) is 0 Å². The fraction of sp³-hybridized carbons (Fsp3) is 0.682. The first-order chi connectivity index (χ1) is 12.7. The van der Waals surface area contributed by atoms with Gasteiger partial charge in [-0.2, -0.15) is 0 Å². The molecule has 2 fully saturated rings. The molecule has 4 atom stereocenters. The molecule has 1 heterocycles. The highest BCUT2D eigenvalue weighted by atomic mass is 28.4. The first-order valence-electron chi connectivity index (χ1n) is 10.2. The minimum atomic E-state index is -1.81. The number of carbonyl (C=O) groups excluding carboxylic acids is 1. The maximum atomic E-state index is 12.3. The van der Waals surface area contributed by atoms with Crippen molar-refractivity contribution in [3.05, 3.63) is 35.9 Å². The summed E-state index contributed by atoms with van der Waals surface area (Å²) in [6.07, 6.45) is 0. The molecule has 1 aromatic carbocycles. The minimum Gasteiger partial charge on any atom is -0.466 e. The van der Waals surface area contributed by atoms with E-state index in [-0.39, 0.29) is 16.9 Å². The van der Waals surface area contributed by atoms with E-state index in [0.717, 1.165) is 19.7 Å². The van der Waals surface area contributed by atoms with Crippen LogP contribution in [0.2, 0.25) is 18.1 Å². The Morgan fingerprint density at radius 3 is 2.48 bits per heavy atom. The SMILES string of the molecule is CCOC(=O)[C@@H]1[C@H]2CN(Cc3ccccc3)[C@H](CO[Si](C)(C)C(C)(C)C)[C@H]21. The number of esters is 1. The topological polar surface area (TPSA) is 38.8 Å². The standard InChI is InChI=1S/C22H35NO3Si/c1-7-25-21(24)20-17-14-23(13-16-11-9-8-10-12-16)18(19(17)20)15-26-27(5,6)22(2,3)4/h8-12,17-20H,7,13-15H2,1-6H3/t17-,18+,19-,20+/m0/s1. The van der Waals surface area contributed by atoms with Crippen molar-refractivity contribution in [3.63, 3.8) is 0 Å². The van der Waals surface area contributed by atoms with Crippen LogP contribution in [0.5, 0.6) is 0 Å². The number of hydrogen-bond acceptors (Lipinski definition) is 4. The van der Waals surface area contributed by atoms with E-state index in [0.29, 0.717) is 24.5 Å². The summed E-state index contributed by atoms with van der Waals surface area (Å²) in [5, 5.41) is 0.194. The van der Waals surface area contributed by atoms with Gasteiger partial charge in [-0.1, -0.05) is 51.1 Å². The highest BCUT2D eigenvalue weighted by molar-refractivity contribution is 6.74. The Morgan fingerprint density at radius 1 is 1.22 bits per heavy atom. The molecule has 1 aromatic rings. The van der Waals surface area contributed by atoms with Crippen molar-refractivity contribution in [2.24, 2.45) is 17.8 Å². The fourth-order valence-electron chi connectivity index (χ4n) is 4.11. The second-order valence-corrected chi connectivity index (χ2v) is 14.4. The highest BCUT2D eigenvalue weighted by Gasteiger charge is 2.65. The van der Waals surface area contributed by atoms with Crippen LogP contribution in [0.1, 0.15) is 33.3 Å². The predicted octanol–water partition coefficient (Wildman–Crippen LogP) is 4.32. The van der Waals surface area contributed by atoms with Gasteiger partial charge in [-0.25, -0.2) is 0 Å². The van der Waals surface area contributed by atoms with Gasteiger partial charge in [-0.3, -0.25) is 9.69 Å². The van der Waals surface area contributed by atoms with Crippen molar-refractivity contribution in [3.8, 4) is 0 Å².